The summed E-state index contributed by atoms with van der Waals surface area (Å²) < 4.78 is 5.32. The Morgan fingerprint density at radius 1 is 1.38 bits per heavy atom. The van der Waals surface area contributed by atoms with E-state index in [0.717, 1.165) is 6.42 Å². The molecule has 4 aliphatic rings. The number of allylic oxidation sites excluding steroid dienone is 2. The van der Waals surface area contributed by atoms with Crippen molar-refractivity contribution in [1.29, 1.82) is 0 Å². The van der Waals surface area contributed by atoms with Gasteiger partial charge in [-0.3, -0.25) is 9.59 Å². The topological polar surface area (TPSA) is 63.6 Å². The Labute approximate surface area is 92.3 Å². The summed E-state index contributed by atoms with van der Waals surface area (Å²) in [5.41, 5.74) is 0. The molecular formula is C12H12O4. The number of carboxylic acids is 1. The van der Waals surface area contributed by atoms with Gasteiger partial charge < -0.3 is 9.84 Å². The highest BCUT2D eigenvalue weighted by atomic mass is 16.6. The van der Waals surface area contributed by atoms with Crippen molar-refractivity contribution in [3.8, 4) is 0 Å². The summed E-state index contributed by atoms with van der Waals surface area (Å²) >= 11 is 0. The molecular weight excluding hydrogens is 208 g/mol. The first-order chi connectivity index (χ1) is 7.68. The van der Waals surface area contributed by atoms with Crippen molar-refractivity contribution in [3.63, 3.8) is 0 Å². The standard InChI is InChI=1S/C12H12O4/c13-11(14)8-5-2-1-4-3-6-9(7(4)5)10(8)12(15)16-6/h1-2,4-10H,3H2,(H,13,14)/t4-,5-,6+,7-,8+,9-,10+/m1/s1. The molecule has 0 radical (unpaired) electrons. The van der Waals surface area contributed by atoms with Crippen LogP contribution in [0.3, 0.4) is 0 Å². The molecule has 1 saturated heterocycles. The molecule has 0 amide bonds. The van der Waals surface area contributed by atoms with E-state index in [0.29, 0.717) is 11.8 Å². The van der Waals surface area contributed by atoms with Gasteiger partial charge in [0.1, 0.15) is 6.10 Å². The third-order valence-electron chi connectivity index (χ3n) is 4.94. The number of hydrogen-bond donors (Lipinski definition) is 1. The molecule has 0 aromatic heterocycles. The molecule has 0 unspecified atom stereocenters. The minimum atomic E-state index is -0.840. The van der Waals surface area contributed by atoms with Gasteiger partial charge in [-0.15, -0.1) is 0 Å². The van der Waals surface area contributed by atoms with E-state index in [-0.39, 0.29) is 29.8 Å². The van der Waals surface area contributed by atoms with Crippen LogP contribution in [0.2, 0.25) is 0 Å². The summed E-state index contributed by atoms with van der Waals surface area (Å²) in [6.07, 6.45) is 5.05. The van der Waals surface area contributed by atoms with Crippen LogP contribution in [0.15, 0.2) is 12.2 Å². The highest BCUT2D eigenvalue weighted by Gasteiger charge is 2.68. The van der Waals surface area contributed by atoms with Gasteiger partial charge in [0.05, 0.1) is 11.8 Å². The van der Waals surface area contributed by atoms with Crippen LogP contribution in [0.5, 0.6) is 0 Å². The van der Waals surface area contributed by atoms with Crippen molar-refractivity contribution in [3.05, 3.63) is 12.2 Å². The maximum absolute atomic E-state index is 11.7. The lowest BCUT2D eigenvalue weighted by Crippen LogP contribution is -2.28. The minimum absolute atomic E-state index is 0.00991. The van der Waals surface area contributed by atoms with Crippen molar-refractivity contribution in [2.45, 2.75) is 12.5 Å². The Morgan fingerprint density at radius 2 is 2.19 bits per heavy atom. The number of rotatable bonds is 1. The number of carbonyl (C=O) groups excluding carboxylic acids is 1. The molecule has 4 rings (SSSR count). The minimum Gasteiger partial charge on any atom is -0.481 e. The number of esters is 1. The van der Waals surface area contributed by atoms with Crippen molar-refractivity contribution < 1.29 is 19.4 Å². The zero-order valence-corrected chi connectivity index (χ0v) is 8.58. The van der Waals surface area contributed by atoms with Crippen molar-refractivity contribution in [1.82, 2.24) is 0 Å². The van der Waals surface area contributed by atoms with Gasteiger partial charge in [-0.1, -0.05) is 12.2 Å². The van der Waals surface area contributed by atoms with Crippen LogP contribution >= 0.6 is 0 Å². The molecule has 7 atom stereocenters. The summed E-state index contributed by atoms with van der Waals surface area (Å²) in [5.74, 6) is -1.02. The Morgan fingerprint density at radius 3 is 2.94 bits per heavy atom. The third kappa shape index (κ3) is 0.761. The molecule has 0 aromatic rings. The van der Waals surface area contributed by atoms with Gasteiger partial charge in [-0.25, -0.2) is 0 Å². The Hall–Kier alpha value is -1.32. The second-order valence-corrected chi connectivity index (χ2v) is 5.38. The number of hydrogen-bond acceptors (Lipinski definition) is 3. The van der Waals surface area contributed by atoms with Gasteiger partial charge in [0.15, 0.2) is 0 Å². The highest BCUT2D eigenvalue weighted by molar-refractivity contribution is 5.85. The van der Waals surface area contributed by atoms with Crippen molar-refractivity contribution >= 4 is 11.9 Å². The van der Waals surface area contributed by atoms with Gasteiger partial charge in [-0.2, -0.15) is 0 Å². The predicted molar refractivity (Wildman–Crippen MR) is 52.2 cm³/mol. The average Bonchev–Trinajstić information content (AvgIpc) is 2.84. The van der Waals surface area contributed by atoms with Crippen LogP contribution < -0.4 is 0 Å². The van der Waals surface area contributed by atoms with E-state index >= 15 is 0 Å². The van der Waals surface area contributed by atoms with E-state index in [2.05, 4.69) is 6.08 Å². The first kappa shape index (κ1) is 8.79. The van der Waals surface area contributed by atoms with Gasteiger partial charge in [0.2, 0.25) is 0 Å². The number of carbonyl (C=O) groups is 2. The predicted octanol–water partition coefficient (Wildman–Crippen LogP) is 0.681. The second-order valence-electron chi connectivity index (χ2n) is 5.38. The first-order valence-electron chi connectivity index (χ1n) is 5.80. The highest BCUT2D eigenvalue weighted by Crippen LogP contribution is 2.63. The van der Waals surface area contributed by atoms with Gasteiger partial charge >= 0.3 is 11.9 Å². The third-order valence-corrected chi connectivity index (χ3v) is 4.94. The van der Waals surface area contributed by atoms with Crippen LogP contribution in [-0.2, 0) is 14.3 Å². The summed E-state index contributed by atoms with van der Waals surface area (Å²) in [4.78, 5) is 23.0. The van der Waals surface area contributed by atoms with Gasteiger partial charge in [0.25, 0.3) is 0 Å². The molecule has 0 spiro atoms. The summed E-state index contributed by atoms with van der Waals surface area (Å²) in [7, 11) is 0. The first-order valence-corrected chi connectivity index (χ1v) is 5.80. The SMILES string of the molecule is O=C(O)[C@H]1[C@@H]2C=C[C@@H]3C[C@@H]4OC(=O)[C@@H]1[C@H]4[C@@H]23. The zero-order valence-electron chi connectivity index (χ0n) is 8.58. The molecule has 2 saturated carbocycles. The fourth-order valence-corrected chi connectivity index (χ4v) is 4.55. The summed E-state index contributed by atoms with van der Waals surface area (Å²) in [5, 5.41) is 9.28. The lowest BCUT2D eigenvalue weighted by atomic mass is 9.87. The maximum Gasteiger partial charge on any atom is 0.310 e. The lowest BCUT2D eigenvalue weighted by Gasteiger charge is -2.16. The summed E-state index contributed by atoms with van der Waals surface area (Å²) in [6.45, 7) is 0. The fraction of sp³-hybridized carbons (Fsp3) is 0.667. The molecule has 16 heavy (non-hydrogen) atoms. The lowest BCUT2D eigenvalue weighted by molar-refractivity contribution is -0.153. The molecule has 4 heteroatoms. The van der Waals surface area contributed by atoms with E-state index in [9.17, 15) is 14.7 Å². The van der Waals surface area contributed by atoms with Gasteiger partial charge in [0, 0.05) is 5.92 Å². The van der Waals surface area contributed by atoms with Gasteiger partial charge in [-0.05, 0) is 24.2 Å². The molecule has 3 aliphatic carbocycles. The van der Waals surface area contributed by atoms with E-state index in [4.69, 9.17) is 4.74 Å². The Balaban J connectivity index is 1.85. The van der Waals surface area contributed by atoms with E-state index in [1.165, 1.54) is 0 Å². The molecule has 3 fully saturated rings. The largest absolute Gasteiger partial charge is 0.481 e. The molecule has 1 N–H and O–H groups in total. The van der Waals surface area contributed by atoms with E-state index in [1.807, 2.05) is 6.08 Å². The van der Waals surface area contributed by atoms with Crippen LogP contribution in [0.1, 0.15) is 6.42 Å². The monoisotopic (exact) mass is 220 g/mol. The Bertz CT molecular complexity index is 427. The molecule has 0 bridgehead atoms. The second kappa shape index (κ2) is 2.50. The number of aliphatic carboxylic acids is 1. The Kier molecular flexibility index (Phi) is 1.37. The molecule has 84 valence electrons. The maximum atomic E-state index is 11.7. The van der Waals surface area contributed by atoms with E-state index in [1.54, 1.807) is 0 Å². The fourth-order valence-electron chi connectivity index (χ4n) is 4.55. The van der Waals surface area contributed by atoms with E-state index < -0.39 is 11.9 Å². The molecule has 1 heterocycles. The van der Waals surface area contributed by atoms with Crippen molar-refractivity contribution in [2.75, 3.05) is 0 Å². The average molecular weight is 220 g/mol. The quantitative estimate of drug-likeness (QED) is 0.521. The molecule has 0 aromatic carbocycles. The molecule has 1 aliphatic heterocycles. The smallest absolute Gasteiger partial charge is 0.310 e. The molecule has 4 nitrogen and oxygen atoms in total. The summed E-state index contributed by atoms with van der Waals surface area (Å²) in [6, 6.07) is 0. The normalized spacial score (nSPS) is 55.5. The van der Waals surface area contributed by atoms with Crippen molar-refractivity contribution in [2.24, 2.45) is 35.5 Å². The van der Waals surface area contributed by atoms with Crippen LogP contribution in [-0.4, -0.2) is 23.1 Å². The number of ether oxygens (including phenoxy) is 1. The van der Waals surface area contributed by atoms with Crippen LogP contribution in [0, 0.1) is 35.5 Å². The van der Waals surface area contributed by atoms with Crippen LogP contribution in [0.25, 0.3) is 0 Å². The zero-order chi connectivity index (χ0) is 11.0. The number of carboxylic acid groups (broad SMARTS) is 1. The van der Waals surface area contributed by atoms with Crippen LogP contribution in [0.4, 0.5) is 0 Å².